The highest BCUT2D eigenvalue weighted by atomic mass is 32.2. The van der Waals surface area contributed by atoms with Gasteiger partial charge in [0.15, 0.2) is 5.17 Å². The van der Waals surface area contributed by atoms with Crippen molar-refractivity contribution in [2.24, 2.45) is 4.99 Å². The van der Waals surface area contributed by atoms with Gasteiger partial charge in [-0.05, 0) is 43.5 Å². The average Bonchev–Trinajstić information content (AvgIpc) is 3.09. The van der Waals surface area contributed by atoms with Crippen LogP contribution in [0.3, 0.4) is 0 Å². The van der Waals surface area contributed by atoms with Crippen molar-refractivity contribution < 1.29 is 19.7 Å². The molecule has 31 heavy (non-hydrogen) atoms. The van der Waals surface area contributed by atoms with Gasteiger partial charge >= 0.3 is 5.97 Å². The van der Waals surface area contributed by atoms with E-state index in [2.05, 4.69) is 4.99 Å². The van der Waals surface area contributed by atoms with E-state index in [0.717, 1.165) is 11.1 Å². The lowest BCUT2D eigenvalue weighted by Crippen LogP contribution is -2.52. The molecule has 2 unspecified atom stereocenters. The molecule has 0 aromatic heterocycles. The summed E-state index contributed by atoms with van der Waals surface area (Å²) in [5, 5.41) is 22.2. The monoisotopic (exact) mass is 438 g/mol. The molecule has 4 rings (SSSR count). The van der Waals surface area contributed by atoms with Gasteiger partial charge in [0.25, 0.3) is 0 Å². The van der Waals surface area contributed by atoms with Crippen LogP contribution >= 0.6 is 11.8 Å². The van der Waals surface area contributed by atoms with E-state index in [9.17, 15) is 15.0 Å². The molecule has 2 aromatic rings. The smallest absolute Gasteiger partial charge is 0.338 e. The van der Waals surface area contributed by atoms with Crippen LogP contribution in [0, 0.1) is 0 Å². The number of rotatable bonds is 6. The van der Waals surface area contributed by atoms with Crippen molar-refractivity contribution in [1.29, 1.82) is 0 Å². The Labute approximate surface area is 186 Å². The van der Waals surface area contributed by atoms with Crippen molar-refractivity contribution in [1.82, 2.24) is 4.90 Å². The van der Waals surface area contributed by atoms with Gasteiger partial charge in [-0.15, -0.1) is 0 Å². The molecule has 162 valence electrons. The van der Waals surface area contributed by atoms with Crippen LogP contribution in [-0.4, -0.2) is 44.3 Å². The van der Waals surface area contributed by atoms with Gasteiger partial charge in [-0.25, -0.2) is 9.79 Å². The standard InChI is InChI=1S/C24H26N2O4S/c1-3-30-22(28)20-16(2)25-23-26(21(20)18-9-11-19(27)12-10-18)24(29,15-31-23)14-13-17-7-5-4-6-8-17/h4-12,21,27,29H,3,13-15H2,1-2H3. The van der Waals surface area contributed by atoms with Crippen molar-refractivity contribution in [2.45, 2.75) is 38.5 Å². The molecule has 0 radical (unpaired) electrons. The summed E-state index contributed by atoms with van der Waals surface area (Å²) >= 11 is 1.49. The summed E-state index contributed by atoms with van der Waals surface area (Å²) in [6.07, 6.45) is 1.19. The van der Waals surface area contributed by atoms with E-state index in [-0.39, 0.29) is 12.4 Å². The Kier molecular flexibility index (Phi) is 6.07. The average molecular weight is 439 g/mol. The van der Waals surface area contributed by atoms with Crippen LogP contribution in [0.2, 0.25) is 0 Å². The molecule has 2 N–H and O–H groups in total. The molecule has 7 heteroatoms. The SMILES string of the molecule is CCOC(=O)C1=C(C)N=C2SCC(O)(CCc3ccccc3)N2C1c1ccc(O)cc1. The number of hydrogen-bond acceptors (Lipinski definition) is 7. The van der Waals surface area contributed by atoms with E-state index in [1.54, 1.807) is 38.1 Å². The van der Waals surface area contributed by atoms with Gasteiger partial charge in [-0.3, -0.25) is 0 Å². The van der Waals surface area contributed by atoms with Gasteiger partial charge in [0.1, 0.15) is 11.5 Å². The molecule has 0 bridgehead atoms. The number of hydrogen-bond donors (Lipinski definition) is 2. The molecule has 0 saturated carbocycles. The zero-order valence-electron chi connectivity index (χ0n) is 17.6. The fourth-order valence-electron chi connectivity index (χ4n) is 4.09. The molecule has 0 amide bonds. The van der Waals surface area contributed by atoms with Gasteiger partial charge in [-0.1, -0.05) is 54.2 Å². The van der Waals surface area contributed by atoms with Crippen LogP contribution in [0.25, 0.3) is 0 Å². The third-order valence-corrected chi connectivity index (χ3v) is 6.79. The van der Waals surface area contributed by atoms with E-state index in [1.165, 1.54) is 11.8 Å². The summed E-state index contributed by atoms with van der Waals surface area (Å²) in [6.45, 7) is 3.82. The van der Waals surface area contributed by atoms with Crippen molar-refractivity contribution in [3.63, 3.8) is 0 Å². The zero-order chi connectivity index (χ0) is 22.0. The van der Waals surface area contributed by atoms with E-state index in [4.69, 9.17) is 4.74 Å². The summed E-state index contributed by atoms with van der Waals surface area (Å²) in [4.78, 5) is 19.4. The molecular formula is C24H26N2O4S. The molecule has 2 atom stereocenters. The minimum absolute atomic E-state index is 0.141. The normalized spacial score (nSPS) is 22.9. The van der Waals surface area contributed by atoms with Crippen LogP contribution in [-0.2, 0) is 16.0 Å². The molecule has 1 fully saturated rings. The topological polar surface area (TPSA) is 82.4 Å². The number of nitrogens with zero attached hydrogens (tertiary/aromatic N) is 2. The Morgan fingerprint density at radius 3 is 2.61 bits per heavy atom. The summed E-state index contributed by atoms with van der Waals surface area (Å²) in [7, 11) is 0. The number of phenolic OH excluding ortho intramolecular Hbond substituents is 1. The van der Waals surface area contributed by atoms with E-state index < -0.39 is 17.7 Å². The number of fused-ring (bicyclic) bond motifs is 1. The number of phenols is 1. The first kappa shape index (κ1) is 21.5. The third-order valence-electron chi connectivity index (χ3n) is 5.63. The minimum atomic E-state index is -1.18. The predicted octanol–water partition coefficient (Wildman–Crippen LogP) is 4.01. The maximum atomic E-state index is 12.9. The quantitative estimate of drug-likeness (QED) is 0.663. The number of allylic oxidation sites excluding steroid dienone is 1. The first-order chi connectivity index (χ1) is 14.9. The number of ether oxygens (including phenoxy) is 1. The molecule has 0 spiro atoms. The number of thioether (sulfide) groups is 1. The molecule has 2 heterocycles. The first-order valence-electron chi connectivity index (χ1n) is 10.4. The third kappa shape index (κ3) is 4.20. The zero-order valence-corrected chi connectivity index (χ0v) is 18.4. The summed E-state index contributed by atoms with van der Waals surface area (Å²) < 4.78 is 5.34. The molecule has 2 aliphatic heterocycles. The lowest BCUT2D eigenvalue weighted by Gasteiger charge is -2.43. The minimum Gasteiger partial charge on any atom is -0.508 e. The van der Waals surface area contributed by atoms with Crippen molar-refractivity contribution in [3.05, 3.63) is 77.0 Å². The van der Waals surface area contributed by atoms with Gasteiger partial charge in [0.05, 0.1) is 23.9 Å². The number of amidine groups is 1. The van der Waals surface area contributed by atoms with Crippen LogP contribution in [0.1, 0.15) is 37.4 Å². The van der Waals surface area contributed by atoms with E-state index in [0.29, 0.717) is 35.0 Å². The molecule has 2 aromatic carbocycles. The lowest BCUT2D eigenvalue weighted by molar-refractivity contribution is -0.140. The second-order valence-electron chi connectivity index (χ2n) is 7.73. The van der Waals surface area contributed by atoms with Crippen molar-refractivity contribution in [3.8, 4) is 5.75 Å². The Balaban J connectivity index is 1.74. The summed E-state index contributed by atoms with van der Waals surface area (Å²) in [6, 6.07) is 16.2. The highest BCUT2D eigenvalue weighted by Gasteiger charge is 2.51. The number of aliphatic imine (C=N–C) groups is 1. The molecular weight excluding hydrogens is 412 g/mol. The fraction of sp³-hybridized carbons (Fsp3) is 0.333. The van der Waals surface area contributed by atoms with E-state index in [1.807, 2.05) is 35.2 Å². The molecule has 2 aliphatic rings. The summed E-state index contributed by atoms with van der Waals surface area (Å²) in [5.74, 6) is 0.154. The number of carbonyl (C=O) groups is 1. The van der Waals surface area contributed by atoms with Crippen molar-refractivity contribution in [2.75, 3.05) is 12.4 Å². The maximum absolute atomic E-state index is 12.9. The van der Waals surface area contributed by atoms with Gasteiger partial charge in [0, 0.05) is 12.2 Å². The Morgan fingerprint density at radius 2 is 1.94 bits per heavy atom. The second-order valence-corrected chi connectivity index (χ2v) is 8.68. The number of benzene rings is 2. The molecule has 6 nitrogen and oxygen atoms in total. The van der Waals surface area contributed by atoms with Gasteiger partial charge < -0.3 is 19.8 Å². The van der Waals surface area contributed by atoms with Crippen molar-refractivity contribution >= 4 is 22.9 Å². The first-order valence-corrected chi connectivity index (χ1v) is 11.4. The van der Waals surface area contributed by atoms with Gasteiger partial charge in [-0.2, -0.15) is 0 Å². The predicted molar refractivity (Wildman–Crippen MR) is 122 cm³/mol. The number of aromatic hydroxyl groups is 1. The Bertz CT molecular complexity index is 1020. The fourth-order valence-corrected chi connectivity index (χ4v) is 5.35. The number of aryl methyl sites for hydroxylation is 1. The molecule has 0 aliphatic carbocycles. The highest BCUT2D eigenvalue weighted by Crippen LogP contribution is 2.47. The Hall–Kier alpha value is -2.77. The summed E-state index contributed by atoms with van der Waals surface area (Å²) in [5.41, 5.74) is 1.75. The Morgan fingerprint density at radius 1 is 1.23 bits per heavy atom. The number of carbonyl (C=O) groups excluding carboxylic acids is 1. The van der Waals surface area contributed by atoms with Crippen LogP contribution in [0.4, 0.5) is 0 Å². The second kappa shape index (κ2) is 8.77. The number of esters is 1. The molecule has 1 saturated heterocycles. The lowest BCUT2D eigenvalue weighted by atomic mass is 9.91. The van der Waals surface area contributed by atoms with Crippen LogP contribution in [0.5, 0.6) is 5.75 Å². The maximum Gasteiger partial charge on any atom is 0.338 e. The number of aliphatic hydroxyl groups is 1. The van der Waals surface area contributed by atoms with Crippen LogP contribution < -0.4 is 0 Å². The van der Waals surface area contributed by atoms with E-state index >= 15 is 0 Å². The van der Waals surface area contributed by atoms with Gasteiger partial charge in [0.2, 0.25) is 0 Å². The van der Waals surface area contributed by atoms with Crippen LogP contribution in [0.15, 0.2) is 70.9 Å². The highest BCUT2D eigenvalue weighted by molar-refractivity contribution is 8.14. The largest absolute Gasteiger partial charge is 0.508 e.